The number of fused-ring (bicyclic) bond motifs is 1. The van der Waals surface area contributed by atoms with Crippen molar-refractivity contribution in [3.63, 3.8) is 0 Å². The summed E-state index contributed by atoms with van der Waals surface area (Å²) < 4.78 is 6.05. The summed E-state index contributed by atoms with van der Waals surface area (Å²) in [4.78, 5) is 0. The molecule has 0 saturated carbocycles. The lowest BCUT2D eigenvalue weighted by Gasteiger charge is -2.15. The Labute approximate surface area is 111 Å². The van der Waals surface area contributed by atoms with Crippen molar-refractivity contribution in [1.29, 1.82) is 0 Å². The molecule has 0 radical (unpaired) electrons. The van der Waals surface area contributed by atoms with E-state index in [2.05, 4.69) is 31.7 Å². The maximum absolute atomic E-state index is 6.05. The number of hydrogen-bond donors (Lipinski definition) is 0. The smallest absolute Gasteiger partial charge is 0.123 e. The zero-order valence-electron chi connectivity index (χ0n) is 11.4. The first-order valence-corrected chi connectivity index (χ1v) is 7.25. The van der Waals surface area contributed by atoms with Crippen LogP contribution in [0.4, 0.5) is 0 Å². The summed E-state index contributed by atoms with van der Waals surface area (Å²) in [5.74, 6) is 1.44. The number of hydrogen-bond acceptors (Lipinski definition) is 1. The lowest BCUT2D eigenvalue weighted by Crippen LogP contribution is -2.17. The third-order valence-corrected chi connectivity index (χ3v) is 3.80. The molecular formula is C17H24O. The van der Waals surface area contributed by atoms with Crippen LogP contribution in [0.2, 0.25) is 0 Å². The fraction of sp³-hybridized carbons (Fsp3) is 0.529. The van der Waals surface area contributed by atoms with Gasteiger partial charge in [-0.25, -0.2) is 0 Å². The van der Waals surface area contributed by atoms with E-state index in [9.17, 15) is 0 Å². The fourth-order valence-corrected chi connectivity index (χ4v) is 2.77. The van der Waals surface area contributed by atoms with E-state index in [0.717, 1.165) is 12.2 Å². The van der Waals surface area contributed by atoms with Crippen molar-refractivity contribution >= 4 is 0 Å². The van der Waals surface area contributed by atoms with Crippen LogP contribution in [0.5, 0.6) is 5.75 Å². The second-order valence-corrected chi connectivity index (χ2v) is 5.16. The van der Waals surface area contributed by atoms with Crippen LogP contribution in [0.25, 0.3) is 0 Å². The second kappa shape index (κ2) is 6.63. The highest BCUT2D eigenvalue weighted by atomic mass is 16.5. The Kier molecular flexibility index (Phi) is 4.86. The summed E-state index contributed by atoms with van der Waals surface area (Å²) in [6.45, 7) is 6.22. The largest absolute Gasteiger partial charge is 0.489 e. The summed E-state index contributed by atoms with van der Waals surface area (Å²) in [7, 11) is 0. The first-order chi connectivity index (χ1) is 8.86. The van der Waals surface area contributed by atoms with E-state index < -0.39 is 0 Å². The molecule has 0 unspecified atom stereocenters. The lowest BCUT2D eigenvalue weighted by molar-refractivity contribution is 0.203. The van der Waals surface area contributed by atoms with E-state index in [0.29, 0.717) is 12.0 Å². The summed E-state index contributed by atoms with van der Waals surface area (Å²) in [5, 5.41) is 0. The van der Waals surface area contributed by atoms with E-state index in [4.69, 9.17) is 4.74 Å². The number of rotatable bonds is 7. The molecule has 1 nitrogen and oxygen atoms in total. The molecule has 0 fully saturated rings. The van der Waals surface area contributed by atoms with Gasteiger partial charge in [0.1, 0.15) is 11.9 Å². The molecule has 98 valence electrons. The zero-order valence-corrected chi connectivity index (χ0v) is 11.4. The van der Waals surface area contributed by atoms with Gasteiger partial charge in [-0.15, -0.1) is 6.58 Å². The molecule has 0 amide bonds. The Morgan fingerprint density at radius 1 is 1.17 bits per heavy atom. The van der Waals surface area contributed by atoms with Gasteiger partial charge in [0.2, 0.25) is 0 Å². The second-order valence-electron chi connectivity index (χ2n) is 5.16. The van der Waals surface area contributed by atoms with Crippen molar-refractivity contribution in [2.24, 2.45) is 0 Å². The molecule has 2 atom stereocenters. The highest BCUT2D eigenvalue weighted by Gasteiger charge is 2.31. The maximum atomic E-state index is 6.05. The number of benzene rings is 1. The molecule has 1 aliphatic rings. The minimum absolute atomic E-state index is 0.307. The van der Waals surface area contributed by atoms with E-state index in [1.807, 2.05) is 12.1 Å². The Morgan fingerprint density at radius 2 is 1.94 bits per heavy atom. The van der Waals surface area contributed by atoms with Gasteiger partial charge in [0.05, 0.1) is 0 Å². The van der Waals surface area contributed by atoms with Crippen molar-refractivity contribution in [3.05, 3.63) is 42.5 Å². The minimum Gasteiger partial charge on any atom is -0.489 e. The Morgan fingerprint density at radius 3 is 2.72 bits per heavy atom. The highest BCUT2D eigenvalue weighted by Crippen LogP contribution is 2.40. The summed E-state index contributed by atoms with van der Waals surface area (Å²) >= 11 is 0. The van der Waals surface area contributed by atoms with Crippen LogP contribution >= 0.6 is 0 Å². The van der Waals surface area contributed by atoms with Crippen molar-refractivity contribution in [2.45, 2.75) is 57.5 Å². The van der Waals surface area contributed by atoms with Gasteiger partial charge in [0, 0.05) is 11.5 Å². The highest BCUT2D eigenvalue weighted by molar-refractivity contribution is 5.43. The Hall–Kier alpha value is -1.24. The molecule has 0 aliphatic carbocycles. The molecule has 1 aromatic carbocycles. The summed E-state index contributed by atoms with van der Waals surface area (Å²) in [5.41, 5.74) is 1.31. The number of para-hydroxylation sites is 1. The van der Waals surface area contributed by atoms with Gasteiger partial charge in [-0.2, -0.15) is 0 Å². The first-order valence-electron chi connectivity index (χ1n) is 7.25. The van der Waals surface area contributed by atoms with Crippen LogP contribution in [0.3, 0.4) is 0 Å². The average Bonchev–Trinajstić information content (AvgIpc) is 2.76. The van der Waals surface area contributed by atoms with Gasteiger partial charge in [-0.3, -0.25) is 0 Å². The van der Waals surface area contributed by atoms with Gasteiger partial charge >= 0.3 is 0 Å². The predicted octanol–water partition coefficient (Wildman–Crippen LogP) is 5.08. The first kappa shape index (κ1) is 13.2. The standard InChI is InChI=1S/C17H24O/c1-3-5-6-7-8-12-16-14(4-2)15-11-9-10-13-17(15)18-16/h4,9-11,13-14,16H,2-3,5-8,12H2,1H3/t14-,16+/m1/s1. The molecular weight excluding hydrogens is 220 g/mol. The van der Waals surface area contributed by atoms with E-state index >= 15 is 0 Å². The van der Waals surface area contributed by atoms with Gasteiger partial charge in [-0.05, 0) is 18.9 Å². The van der Waals surface area contributed by atoms with E-state index in [1.54, 1.807) is 0 Å². The third kappa shape index (κ3) is 2.95. The third-order valence-electron chi connectivity index (χ3n) is 3.80. The summed E-state index contributed by atoms with van der Waals surface area (Å²) in [6.07, 6.45) is 10.1. The number of unbranched alkanes of at least 4 members (excludes halogenated alkanes) is 4. The molecule has 0 spiro atoms. The zero-order chi connectivity index (χ0) is 12.8. The van der Waals surface area contributed by atoms with Crippen LogP contribution in [-0.4, -0.2) is 6.10 Å². The normalized spacial score (nSPS) is 21.4. The molecule has 2 rings (SSSR count). The van der Waals surface area contributed by atoms with Crippen LogP contribution in [0.1, 0.15) is 56.9 Å². The van der Waals surface area contributed by atoms with Crippen molar-refractivity contribution < 1.29 is 4.74 Å². The SMILES string of the molecule is C=C[C@@H]1c2ccccc2O[C@H]1CCCCCCC. The lowest BCUT2D eigenvalue weighted by atomic mass is 9.92. The van der Waals surface area contributed by atoms with Crippen molar-refractivity contribution in [1.82, 2.24) is 0 Å². The van der Waals surface area contributed by atoms with E-state index in [-0.39, 0.29) is 0 Å². The van der Waals surface area contributed by atoms with Crippen LogP contribution in [0, 0.1) is 0 Å². The molecule has 0 bridgehead atoms. The number of ether oxygens (including phenoxy) is 1. The van der Waals surface area contributed by atoms with Gasteiger partial charge in [-0.1, -0.05) is 56.9 Å². The molecule has 1 heterocycles. The van der Waals surface area contributed by atoms with E-state index in [1.165, 1.54) is 37.7 Å². The molecule has 0 saturated heterocycles. The Balaban J connectivity index is 1.86. The monoisotopic (exact) mass is 244 g/mol. The molecule has 1 heteroatoms. The summed E-state index contributed by atoms with van der Waals surface area (Å²) in [6, 6.07) is 8.37. The van der Waals surface area contributed by atoms with Crippen molar-refractivity contribution in [3.8, 4) is 5.75 Å². The van der Waals surface area contributed by atoms with Gasteiger partial charge in [0.15, 0.2) is 0 Å². The van der Waals surface area contributed by atoms with Crippen molar-refractivity contribution in [2.75, 3.05) is 0 Å². The molecule has 1 aliphatic heterocycles. The van der Waals surface area contributed by atoms with Gasteiger partial charge < -0.3 is 4.74 Å². The average molecular weight is 244 g/mol. The molecule has 18 heavy (non-hydrogen) atoms. The fourth-order valence-electron chi connectivity index (χ4n) is 2.77. The van der Waals surface area contributed by atoms with Crippen LogP contribution in [-0.2, 0) is 0 Å². The molecule has 1 aromatic rings. The predicted molar refractivity (Wildman–Crippen MR) is 77.2 cm³/mol. The quantitative estimate of drug-likeness (QED) is 0.480. The van der Waals surface area contributed by atoms with Gasteiger partial charge in [0.25, 0.3) is 0 Å². The topological polar surface area (TPSA) is 9.23 Å². The molecule has 0 N–H and O–H groups in total. The minimum atomic E-state index is 0.307. The molecule has 0 aromatic heterocycles. The maximum Gasteiger partial charge on any atom is 0.123 e. The Bertz CT molecular complexity index is 383. The van der Waals surface area contributed by atoms with Crippen LogP contribution < -0.4 is 4.74 Å². The van der Waals surface area contributed by atoms with Crippen LogP contribution in [0.15, 0.2) is 36.9 Å².